The van der Waals surface area contributed by atoms with Gasteiger partial charge in [-0.05, 0) is 19.9 Å². The lowest BCUT2D eigenvalue weighted by atomic mass is 10.3. The predicted molar refractivity (Wildman–Crippen MR) is 69.1 cm³/mol. The molecule has 0 spiro atoms. The summed E-state index contributed by atoms with van der Waals surface area (Å²) in [5, 5.41) is 12.5. The second kappa shape index (κ2) is 5.00. The number of aromatic nitrogens is 2. The van der Waals surface area contributed by atoms with E-state index in [0.29, 0.717) is 0 Å². The largest absolute Gasteiger partial charge is 0.477 e. The van der Waals surface area contributed by atoms with Gasteiger partial charge in [0, 0.05) is 12.2 Å². The Bertz CT molecular complexity index is 715. The first-order chi connectivity index (χ1) is 9.31. The molecule has 2 rings (SSSR count). The number of nitrogens with zero attached hydrogens (tertiary/aromatic N) is 2. The predicted octanol–water partition coefficient (Wildman–Crippen LogP) is 1.56. The standard InChI is InChI=1S/C11H13N3O5S/c1-7(2)14-5-9(3-10(14)11(15)16)20(17,18)13-8-4-12-19-6-8/h3-7,13H,1-2H3,(H,15,16). The lowest BCUT2D eigenvalue weighted by Crippen LogP contribution is -2.11. The van der Waals surface area contributed by atoms with E-state index in [4.69, 9.17) is 5.11 Å². The quantitative estimate of drug-likeness (QED) is 0.865. The van der Waals surface area contributed by atoms with E-state index in [1.807, 2.05) is 0 Å². The van der Waals surface area contributed by atoms with E-state index >= 15 is 0 Å². The summed E-state index contributed by atoms with van der Waals surface area (Å²) in [5.74, 6) is -1.19. The second-order valence-electron chi connectivity index (χ2n) is 4.39. The molecule has 0 aromatic carbocycles. The van der Waals surface area contributed by atoms with Crippen molar-refractivity contribution in [3.63, 3.8) is 0 Å². The molecular formula is C11H13N3O5S. The fourth-order valence-electron chi connectivity index (χ4n) is 1.67. The zero-order valence-corrected chi connectivity index (χ0v) is 11.6. The topological polar surface area (TPSA) is 114 Å². The van der Waals surface area contributed by atoms with Gasteiger partial charge in [-0.2, -0.15) is 0 Å². The molecule has 0 bridgehead atoms. The van der Waals surface area contributed by atoms with E-state index in [0.717, 1.165) is 12.3 Å². The first-order valence-corrected chi connectivity index (χ1v) is 7.17. The molecule has 0 aliphatic carbocycles. The average Bonchev–Trinajstić information content (AvgIpc) is 2.95. The van der Waals surface area contributed by atoms with Crippen molar-refractivity contribution in [2.45, 2.75) is 24.8 Å². The van der Waals surface area contributed by atoms with Crippen LogP contribution in [0.15, 0.2) is 34.1 Å². The van der Waals surface area contributed by atoms with Gasteiger partial charge in [0.05, 0.1) is 6.20 Å². The van der Waals surface area contributed by atoms with Gasteiger partial charge in [-0.1, -0.05) is 5.16 Å². The Hall–Kier alpha value is -2.29. The third kappa shape index (κ3) is 2.67. The Morgan fingerprint density at radius 3 is 2.65 bits per heavy atom. The van der Waals surface area contributed by atoms with E-state index in [1.54, 1.807) is 13.8 Å². The number of carboxylic acids is 1. The maximum absolute atomic E-state index is 12.1. The summed E-state index contributed by atoms with van der Waals surface area (Å²) >= 11 is 0. The number of carbonyl (C=O) groups is 1. The molecule has 0 saturated carbocycles. The van der Waals surface area contributed by atoms with Crippen LogP contribution < -0.4 is 4.72 Å². The van der Waals surface area contributed by atoms with Crippen LogP contribution in [0.5, 0.6) is 0 Å². The van der Waals surface area contributed by atoms with Crippen molar-refractivity contribution in [3.05, 3.63) is 30.4 Å². The Morgan fingerprint density at radius 2 is 2.20 bits per heavy atom. The smallest absolute Gasteiger partial charge is 0.352 e. The molecular weight excluding hydrogens is 286 g/mol. The van der Waals surface area contributed by atoms with Gasteiger partial charge in [-0.3, -0.25) is 4.72 Å². The second-order valence-corrected chi connectivity index (χ2v) is 6.07. The summed E-state index contributed by atoms with van der Waals surface area (Å²) in [6.07, 6.45) is 3.62. The van der Waals surface area contributed by atoms with Crippen LogP contribution in [0.3, 0.4) is 0 Å². The third-order valence-corrected chi connectivity index (χ3v) is 3.94. The molecule has 108 valence electrons. The number of rotatable bonds is 5. The normalized spacial score (nSPS) is 11.8. The number of anilines is 1. The highest BCUT2D eigenvalue weighted by Crippen LogP contribution is 2.21. The first kappa shape index (κ1) is 14.1. The number of hydrogen-bond donors (Lipinski definition) is 2. The summed E-state index contributed by atoms with van der Waals surface area (Å²) in [6, 6.07) is 0.929. The molecule has 0 fully saturated rings. The van der Waals surface area contributed by atoms with Crippen LogP contribution >= 0.6 is 0 Å². The fourth-order valence-corrected chi connectivity index (χ4v) is 2.72. The minimum atomic E-state index is -3.89. The Kier molecular flexibility index (Phi) is 3.53. The SMILES string of the molecule is CC(C)n1cc(S(=O)(=O)Nc2cnoc2)cc1C(=O)O. The summed E-state index contributed by atoms with van der Waals surface area (Å²) < 4.78 is 32.4. The molecule has 0 radical (unpaired) electrons. The van der Waals surface area contributed by atoms with Gasteiger partial charge in [0.2, 0.25) is 0 Å². The van der Waals surface area contributed by atoms with Gasteiger partial charge in [0.1, 0.15) is 22.5 Å². The maximum atomic E-state index is 12.1. The van der Waals surface area contributed by atoms with Crippen molar-refractivity contribution in [3.8, 4) is 0 Å². The van der Waals surface area contributed by atoms with Crippen LogP contribution in [0.2, 0.25) is 0 Å². The molecule has 20 heavy (non-hydrogen) atoms. The van der Waals surface area contributed by atoms with Crippen molar-refractivity contribution in [2.75, 3.05) is 4.72 Å². The van der Waals surface area contributed by atoms with Crippen LogP contribution in [0.1, 0.15) is 30.4 Å². The number of carboxylic acid groups (broad SMARTS) is 1. The Labute approximate surface area is 115 Å². The molecule has 2 aromatic rings. The van der Waals surface area contributed by atoms with Crippen molar-refractivity contribution < 1.29 is 22.8 Å². The molecule has 2 heterocycles. The number of sulfonamides is 1. The summed E-state index contributed by atoms with van der Waals surface area (Å²) in [5.41, 5.74) is 0.0739. The van der Waals surface area contributed by atoms with Crippen molar-refractivity contribution in [1.82, 2.24) is 9.72 Å². The molecule has 0 unspecified atom stereocenters. The number of nitrogens with one attached hydrogen (secondary N) is 1. The van der Waals surface area contributed by atoms with Crippen molar-refractivity contribution in [2.24, 2.45) is 0 Å². The van der Waals surface area contributed by atoms with Gasteiger partial charge in [-0.15, -0.1) is 0 Å². The van der Waals surface area contributed by atoms with Gasteiger partial charge in [0.25, 0.3) is 10.0 Å². The third-order valence-electron chi connectivity index (χ3n) is 2.59. The van der Waals surface area contributed by atoms with E-state index < -0.39 is 16.0 Å². The fraction of sp³-hybridized carbons (Fsp3) is 0.273. The lowest BCUT2D eigenvalue weighted by molar-refractivity contribution is 0.0683. The van der Waals surface area contributed by atoms with Crippen molar-refractivity contribution >= 4 is 21.7 Å². The summed E-state index contributed by atoms with van der Waals surface area (Å²) in [4.78, 5) is 11.0. The van der Waals surface area contributed by atoms with Crippen LogP contribution in [0.25, 0.3) is 0 Å². The maximum Gasteiger partial charge on any atom is 0.352 e. The minimum absolute atomic E-state index is 0.0920. The minimum Gasteiger partial charge on any atom is -0.477 e. The van der Waals surface area contributed by atoms with E-state index in [-0.39, 0.29) is 22.3 Å². The molecule has 0 amide bonds. The number of aromatic carboxylic acids is 1. The monoisotopic (exact) mass is 299 g/mol. The van der Waals surface area contributed by atoms with Gasteiger partial charge < -0.3 is 14.2 Å². The molecule has 0 saturated heterocycles. The van der Waals surface area contributed by atoms with E-state index in [9.17, 15) is 13.2 Å². The highest BCUT2D eigenvalue weighted by Gasteiger charge is 2.22. The van der Waals surface area contributed by atoms with Gasteiger partial charge >= 0.3 is 5.97 Å². The molecule has 0 atom stereocenters. The summed E-state index contributed by atoms with van der Waals surface area (Å²) in [7, 11) is -3.89. The molecule has 0 aliphatic rings. The average molecular weight is 299 g/mol. The molecule has 2 N–H and O–H groups in total. The molecule has 0 aliphatic heterocycles. The van der Waals surface area contributed by atoms with Gasteiger partial charge in [-0.25, -0.2) is 13.2 Å². The Balaban J connectivity index is 2.42. The van der Waals surface area contributed by atoms with Crippen LogP contribution in [0.4, 0.5) is 5.69 Å². The van der Waals surface area contributed by atoms with Crippen LogP contribution in [-0.4, -0.2) is 29.2 Å². The molecule has 9 heteroatoms. The number of hydrogen-bond acceptors (Lipinski definition) is 5. The summed E-state index contributed by atoms with van der Waals surface area (Å²) in [6.45, 7) is 3.52. The van der Waals surface area contributed by atoms with Crippen LogP contribution in [-0.2, 0) is 10.0 Å². The lowest BCUT2D eigenvalue weighted by Gasteiger charge is -2.09. The zero-order chi connectivity index (χ0) is 14.9. The van der Waals surface area contributed by atoms with Crippen LogP contribution in [0, 0.1) is 0 Å². The molecule has 8 nitrogen and oxygen atoms in total. The molecule has 2 aromatic heterocycles. The highest BCUT2D eigenvalue weighted by atomic mass is 32.2. The van der Waals surface area contributed by atoms with E-state index in [1.165, 1.54) is 17.0 Å². The zero-order valence-electron chi connectivity index (χ0n) is 10.8. The highest BCUT2D eigenvalue weighted by molar-refractivity contribution is 7.92. The Morgan fingerprint density at radius 1 is 1.50 bits per heavy atom. The van der Waals surface area contributed by atoms with Crippen molar-refractivity contribution in [1.29, 1.82) is 0 Å². The van der Waals surface area contributed by atoms with Gasteiger partial charge in [0.15, 0.2) is 0 Å². The first-order valence-electron chi connectivity index (χ1n) is 5.68. The van der Waals surface area contributed by atoms with E-state index in [2.05, 4.69) is 14.4 Å².